The number of aryl methyl sites for hydroxylation is 3. The van der Waals surface area contributed by atoms with E-state index in [0.29, 0.717) is 17.8 Å². The largest absolute Gasteiger partial charge is 0.394 e. The second kappa shape index (κ2) is 13.7. The topological polar surface area (TPSA) is 77.2 Å². The number of fused-ring (bicyclic) bond motifs is 1. The van der Waals surface area contributed by atoms with Crippen LogP contribution in [0.25, 0.3) is 6.08 Å². The van der Waals surface area contributed by atoms with E-state index < -0.39 is 0 Å². The van der Waals surface area contributed by atoms with Crippen LogP contribution in [0.2, 0.25) is 0 Å². The van der Waals surface area contributed by atoms with E-state index in [9.17, 15) is 4.79 Å². The van der Waals surface area contributed by atoms with Crippen molar-refractivity contribution in [3.63, 3.8) is 0 Å². The van der Waals surface area contributed by atoms with E-state index in [2.05, 4.69) is 78.3 Å². The van der Waals surface area contributed by atoms with Gasteiger partial charge in [-0.2, -0.15) is 0 Å². The van der Waals surface area contributed by atoms with Gasteiger partial charge < -0.3 is 15.2 Å². The van der Waals surface area contributed by atoms with E-state index in [1.54, 1.807) is 0 Å². The maximum Gasteiger partial charge on any atom is 0.289 e. The number of H-pyrrole nitrogens is 1. The van der Waals surface area contributed by atoms with Gasteiger partial charge in [0.2, 0.25) is 0 Å². The number of aromatic amines is 1. The van der Waals surface area contributed by atoms with E-state index >= 15 is 0 Å². The molecule has 7 nitrogen and oxygen atoms in total. The van der Waals surface area contributed by atoms with Crippen LogP contribution in [-0.2, 0) is 13.0 Å². The SMILES string of the molecule is CN/C=C\C=C(/CCN(Cc1ncc(C)cc1C)C1CCN(C(=O)c2nc3c([nH]2)CCCC=C3)CC1)C(C)C. The van der Waals surface area contributed by atoms with Crippen LogP contribution in [0.4, 0.5) is 0 Å². The number of pyridine rings is 1. The van der Waals surface area contributed by atoms with Crippen LogP contribution >= 0.6 is 0 Å². The molecule has 1 fully saturated rings. The number of amides is 1. The lowest BCUT2D eigenvalue weighted by molar-refractivity contribution is 0.0596. The number of allylic oxidation sites excluding steroid dienone is 3. The molecule has 0 saturated carbocycles. The first kappa shape index (κ1) is 28.8. The molecule has 1 aliphatic carbocycles. The van der Waals surface area contributed by atoms with Gasteiger partial charge in [-0.1, -0.05) is 37.6 Å². The molecule has 2 aromatic heterocycles. The van der Waals surface area contributed by atoms with Gasteiger partial charge in [0.15, 0.2) is 5.82 Å². The van der Waals surface area contributed by atoms with Crippen LogP contribution in [0.15, 0.2) is 42.3 Å². The first-order valence-electron chi connectivity index (χ1n) is 14.6. The third kappa shape index (κ3) is 7.69. The number of hydrogen-bond acceptors (Lipinski definition) is 5. The quantitative estimate of drug-likeness (QED) is 0.392. The minimum atomic E-state index is 0.0267. The number of rotatable bonds is 10. The summed E-state index contributed by atoms with van der Waals surface area (Å²) in [6.07, 6.45) is 18.5. The Labute approximate surface area is 234 Å². The van der Waals surface area contributed by atoms with E-state index in [0.717, 1.165) is 81.8 Å². The number of hydrogen-bond donors (Lipinski definition) is 2. The molecule has 0 unspecified atom stereocenters. The predicted molar refractivity (Wildman–Crippen MR) is 159 cm³/mol. The fourth-order valence-corrected chi connectivity index (χ4v) is 5.63. The standard InChI is InChI=1S/C32H46N6O/c1-23(2)26(10-9-16-33-5)13-17-38(22-30-25(4)20-24(3)21-34-30)27-14-18-37(19-15-27)32(39)31-35-28-11-7-6-8-12-29(28)36-31/h7,9-11,16,20-21,23,27,33H,6,8,12-15,17-19,22H2,1-5H3,(H,35,36)/b16-9-,26-10+. The Bertz CT molecular complexity index is 1200. The third-order valence-corrected chi connectivity index (χ3v) is 8.03. The maximum atomic E-state index is 13.3. The molecule has 0 spiro atoms. The van der Waals surface area contributed by atoms with Gasteiger partial charge in [-0.05, 0) is 87.8 Å². The van der Waals surface area contributed by atoms with Crippen LogP contribution in [0, 0.1) is 19.8 Å². The molecule has 1 aliphatic heterocycles. The van der Waals surface area contributed by atoms with Crippen LogP contribution in [0.1, 0.15) is 84.8 Å². The molecule has 0 radical (unpaired) electrons. The summed E-state index contributed by atoms with van der Waals surface area (Å²) in [5.41, 5.74) is 7.05. The molecule has 39 heavy (non-hydrogen) atoms. The zero-order valence-electron chi connectivity index (χ0n) is 24.5. The predicted octanol–water partition coefficient (Wildman–Crippen LogP) is 5.58. The summed E-state index contributed by atoms with van der Waals surface area (Å²) in [7, 11) is 1.92. The fraction of sp³-hybridized carbons (Fsp3) is 0.531. The molecule has 0 atom stereocenters. The van der Waals surface area contributed by atoms with Crippen LogP contribution < -0.4 is 5.32 Å². The average Bonchev–Trinajstić information content (AvgIpc) is 3.20. The number of piperidine rings is 1. The van der Waals surface area contributed by atoms with Gasteiger partial charge in [-0.3, -0.25) is 14.7 Å². The Kier molecular flexibility index (Phi) is 10.2. The van der Waals surface area contributed by atoms with Gasteiger partial charge in [0, 0.05) is 51.2 Å². The zero-order chi connectivity index (χ0) is 27.8. The Morgan fingerprint density at radius 3 is 2.79 bits per heavy atom. The Balaban J connectivity index is 1.45. The number of imidazole rings is 1. The molecule has 2 aromatic rings. The summed E-state index contributed by atoms with van der Waals surface area (Å²) in [6.45, 7) is 12.1. The van der Waals surface area contributed by atoms with Crippen LogP contribution in [-0.4, -0.2) is 63.4 Å². The second-order valence-corrected chi connectivity index (χ2v) is 11.3. The highest BCUT2D eigenvalue weighted by Crippen LogP contribution is 2.24. The van der Waals surface area contributed by atoms with Crippen molar-refractivity contribution in [1.82, 2.24) is 30.1 Å². The Morgan fingerprint density at radius 1 is 1.28 bits per heavy atom. The van der Waals surface area contributed by atoms with E-state index in [1.165, 1.54) is 16.7 Å². The number of carbonyl (C=O) groups excluding carboxylic acids is 1. The minimum Gasteiger partial charge on any atom is -0.394 e. The van der Waals surface area contributed by atoms with Crippen LogP contribution in [0.5, 0.6) is 0 Å². The lowest BCUT2D eigenvalue weighted by atomic mass is 9.97. The Hall–Kier alpha value is -3.19. The number of likely N-dealkylation sites (tertiary alicyclic amines) is 1. The molecule has 2 aliphatic rings. The van der Waals surface area contributed by atoms with Crippen molar-refractivity contribution in [3.05, 3.63) is 76.3 Å². The number of nitrogens with zero attached hydrogens (tertiary/aromatic N) is 4. The number of aromatic nitrogens is 3. The van der Waals surface area contributed by atoms with E-state index in [-0.39, 0.29) is 5.91 Å². The Morgan fingerprint density at radius 2 is 2.08 bits per heavy atom. The minimum absolute atomic E-state index is 0.0267. The van der Waals surface area contributed by atoms with Gasteiger partial charge in [-0.25, -0.2) is 4.98 Å². The highest BCUT2D eigenvalue weighted by Gasteiger charge is 2.29. The van der Waals surface area contributed by atoms with Crippen molar-refractivity contribution in [2.45, 2.75) is 78.8 Å². The average molecular weight is 531 g/mol. The zero-order valence-corrected chi connectivity index (χ0v) is 24.5. The molecule has 2 N–H and O–H groups in total. The van der Waals surface area contributed by atoms with Crippen molar-refractivity contribution in [2.24, 2.45) is 5.92 Å². The van der Waals surface area contributed by atoms with Crippen molar-refractivity contribution in [2.75, 3.05) is 26.7 Å². The number of carbonyl (C=O) groups is 1. The summed E-state index contributed by atoms with van der Waals surface area (Å²) in [6, 6.07) is 2.64. The van der Waals surface area contributed by atoms with Crippen LogP contribution in [0.3, 0.4) is 0 Å². The van der Waals surface area contributed by atoms with Crippen molar-refractivity contribution in [1.29, 1.82) is 0 Å². The molecule has 0 aromatic carbocycles. The molecule has 0 bridgehead atoms. The maximum absolute atomic E-state index is 13.3. The smallest absolute Gasteiger partial charge is 0.289 e. The van der Waals surface area contributed by atoms with Gasteiger partial charge in [0.1, 0.15) is 0 Å². The van der Waals surface area contributed by atoms with Crippen molar-refractivity contribution >= 4 is 12.0 Å². The molecule has 3 heterocycles. The third-order valence-electron chi connectivity index (χ3n) is 8.03. The molecular weight excluding hydrogens is 484 g/mol. The summed E-state index contributed by atoms with van der Waals surface area (Å²) >= 11 is 0. The molecule has 4 rings (SSSR count). The number of nitrogens with one attached hydrogen (secondary N) is 2. The monoisotopic (exact) mass is 530 g/mol. The summed E-state index contributed by atoms with van der Waals surface area (Å²) in [4.78, 5) is 30.7. The highest BCUT2D eigenvalue weighted by atomic mass is 16.2. The van der Waals surface area contributed by atoms with Gasteiger partial charge in [0.25, 0.3) is 5.91 Å². The second-order valence-electron chi connectivity index (χ2n) is 11.3. The first-order valence-corrected chi connectivity index (χ1v) is 14.6. The highest BCUT2D eigenvalue weighted by molar-refractivity contribution is 5.91. The van der Waals surface area contributed by atoms with Crippen molar-refractivity contribution < 1.29 is 4.79 Å². The molecule has 1 amide bonds. The lowest BCUT2D eigenvalue weighted by Gasteiger charge is -2.38. The van der Waals surface area contributed by atoms with Gasteiger partial charge in [0.05, 0.1) is 11.4 Å². The van der Waals surface area contributed by atoms with E-state index in [1.807, 2.05) is 24.3 Å². The first-order chi connectivity index (χ1) is 18.9. The van der Waals surface area contributed by atoms with Gasteiger partial charge in [-0.15, -0.1) is 0 Å². The van der Waals surface area contributed by atoms with E-state index in [4.69, 9.17) is 4.98 Å². The molecule has 210 valence electrons. The summed E-state index contributed by atoms with van der Waals surface area (Å²) < 4.78 is 0. The summed E-state index contributed by atoms with van der Waals surface area (Å²) in [5, 5.41) is 3.08. The van der Waals surface area contributed by atoms with Gasteiger partial charge >= 0.3 is 0 Å². The normalized spacial score (nSPS) is 16.8. The molecule has 1 saturated heterocycles. The summed E-state index contributed by atoms with van der Waals surface area (Å²) in [5.74, 6) is 1.01. The fourth-order valence-electron chi connectivity index (χ4n) is 5.63. The van der Waals surface area contributed by atoms with Crippen molar-refractivity contribution in [3.8, 4) is 0 Å². The lowest BCUT2D eigenvalue weighted by Crippen LogP contribution is -2.47. The molecule has 7 heteroatoms. The molecular formula is C32H46N6O.